The maximum Gasteiger partial charge on any atom is 0.257 e. The van der Waals surface area contributed by atoms with E-state index in [2.05, 4.69) is 28.3 Å². The minimum Gasteiger partial charge on any atom is -0.475 e. The van der Waals surface area contributed by atoms with E-state index < -0.39 is 0 Å². The summed E-state index contributed by atoms with van der Waals surface area (Å²) >= 11 is 0. The van der Waals surface area contributed by atoms with Crippen molar-refractivity contribution in [3.63, 3.8) is 0 Å². The standard InChI is InChI=1S/C26H25N5O4/c1-2-21-12-24(18-4-3-11-27-13-18)30-31(21)22-8-6-20(7-9-22)29-26(32)19-5-10-25(28-14-19)34-16-23-15-33-17-35-23/h3-14,23H,2,15-17H2,1H3,(H,29,32). The molecule has 4 aromatic rings. The second-order valence-corrected chi connectivity index (χ2v) is 8.00. The molecule has 0 radical (unpaired) electrons. The van der Waals surface area contributed by atoms with Crippen molar-refractivity contribution in [2.24, 2.45) is 0 Å². The predicted octanol–water partition coefficient (Wildman–Crippen LogP) is 3.90. The number of benzene rings is 1. The van der Waals surface area contributed by atoms with Crippen LogP contribution in [0.15, 0.2) is 73.2 Å². The molecule has 1 saturated heterocycles. The summed E-state index contributed by atoms with van der Waals surface area (Å²) in [7, 11) is 0. The molecule has 9 nitrogen and oxygen atoms in total. The molecule has 0 bridgehead atoms. The van der Waals surface area contributed by atoms with Crippen molar-refractivity contribution in [1.82, 2.24) is 19.7 Å². The molecule has 0 spiro atoms. The zero-order chi connectivity index (χ0) is 24.0. The Bertz CT molecular complexity index is 1270. The molecule has 1 fully saturated rings. The van der Waals surface area contributed by atoms with E-state index in [1.807, 2.05) is 41.1 Å². The van der Waals surface area contributed by atoms with Gasteiger partial charge in [0.05, 0.1) is 23.6 Å². The lowest BCUT2D eigenvalue weighted by Crippen LogP contribution is -2.20. The molecule has 1 N–H and O–H groups in total. The van der Waals surface area contributed by atoms with Gasteiger partial charge in [0.25, 0.3) is 5.91 Å². The van der Waals surface area contributed by atoms with Gasteiger partial charge in [-0.25, -0.2) is 9.67 Å². The Labute approximate surface area is 202 Å². The monoisotopic (exact) mass is 471 g/mol. The highest BCUT2D eigenvalue weighted by Crippen LogP contribution is 2.22. The van der Waals surface area contributed by atoms with Gasteiger partial charge in [0.15, 0.2) is 0 Å². The minimum absolute atomic E-state index is 0.0974. The Morgan fingerprint density at radius 1 is 1.17 bits per heavy atom. The van der Waals surface area contributed by atoms with Crippen molar-refractivity contribution >= 4 is 11.6 Å². The largest absolute Gasteiger partial charge is 0.475 e. The van der Waals surface area contributed by atoms with E-state index in [1.165, 1.54) is 6.20 Å². The summed E-state index contributed by atoms with van der Waals surface area (Å²) in [5.41, 5.74) is 4.95. The third-order valence-corrected chi connectivity index (χ3v) is 5.58. The topological polar surface area (TPSA) is 100 Å². The second kappa shape index (κ2) is 10.5. The Morgan fingerprint density at radius 2 is 2.06 bits per heavy atom. The maximum absolute atomic E-state index is 12.7. The van der Waals surface area contributed by atoms with Gasteiger partial charge >= 0.3 is 0 Å². The number of ether oxygens (including phenoxy) is 3. The second-order valence-electron chi connectivity index (χ2n) is 8.00. The van der Waals surface area contributed by atoms with Gasteiger partial charge in [0.2, 0.25) is 5.88 Å². The molecule has 3 aromatic heterocycles. The summed E-state index contributed by atoms with van der Waals surface area (Å²) in [6.45, 7) is 3.24. The number of hydrogen-bond acceptors (Lipinski definition) is 7. The lowest BCUT2D eigenvalue weighted by atomic mass is 10.2. The Morgan fingerprint density at radius 3 is 2.74 bits per heavy atom. The number of carbonyl (C=O) groups is 1. The van der Waals surface area contributed by atoms with Gasteiger partial charge in [0, 0.05) is 41.6 Å². The third-order valence-electron chi connectivity index (χ3n) is 5.58. The van der Waals surface area contributed by atoms with Crippen LogP contribution in [0.3, 0.4) is 0 Å². The number of aromatic nitrogens is 4. The number of amides is 1. The van der Waals surface area contributed by atoms with Crippen LogP contribution in [0.1, 0.15) is 23.0 Å². The Balaban J connectivity index is 1.23. The molecule has 0 aliphatic carbocycles. The number of nitrogens with zero attached hydrogens (tertiary/aromatic N) is 4. The van der Waals surface area contributed by atoms with Crippen LogP contribution in [0, 0.1) is 0 Å². The van der Waals surface area contributed by atoms with Crippen molar-refractivity contribution in [3.8, 4) is 22.8 Å². The normalized spacial score (nSPS) is 15.2. The molecule has 9 heteroatoms. The highest BCUT2D eigenvalue weighted by Gasteiger charge is 2.17. The van der Waals surface area contributed by atoms with Crippen LogP contribution in [0.25, 0.3) is 16.9 Å². The average molecular weight is 472 g/mol. The van der Waals surface area contributed by atoms with Crippen molar-refractivity contribution in [1.29, 1.82) is 0 Å². The van der Waals surface area contributed by atoms with Crippen LogP contribution in [0.4, 0.5) is 5.69 Å². The van der Waals surface area contributed by atoms with Gasteiger partial charge in [-0.3, -0.25) is 9.78 Å². The first-order valence-corrected chi connectivity index (χ1v) is 11.4. The fraction of sp³-hybridized carbons (Fsp3) is 0.231. The molecule has 178 valence electrons. The average Bonchev–Trinajstić information content (AvgIpc) is 3.59. The van der Waals surface area contributed by atoms with Crippen molar-refractivity contribution in [2.45, 2.75) is 19.4 Å². The molecule has 0 saturated carbocycles. The zero-order valence-electron chi connectivity index (χ0n) is 19.3. The number of rotatable bonds is 8. The summed E-state index contributed by atoms with van der Waals surface area (Å²) in [6.07, 6.45) is 5.77. The predicted molar refractivity (Wildman–Crippen MR) is 130 cm³/mol. The SMILES string of the molecule is CCc1cc(-c2cccnc2)nn1-c1ccc(NC(=O)c2ccc(OCC3COCO3)nc2)cc1. The lowest BCUT2D eigenvalue weighted by Gasteiger charge is -2.10. The molecule has 1 amide bonds. The van der Waals surface area contributed by atoms with Gasteiger partial charge in [-0.2, -0.15) is 5.10 Å². The van der Waals surface area contributed by atoms with Crippen LogP contribution in [0.2, 0.25) is 0 Å². The van der Waals surface area contributed by atoms with Crippen LogP contribution in [0.5, 0.6) is 5.88 Å². The van der Waals surface area contributed by atoms with Crippen LogP contribution in [-0.4, -0.2) is 51.8 Å². The summed E-state index contributed by atoms with van der Waals surface area (Å²) < 4.78 is 18.0. The van der Waals surface area contributed by atoms with E-state index in [4.69, 9.17) is 19.3 Å². The number of nitrogens with one attached hydrogen (secondary N) is 1. The van der Waals surface area contributed by atoms with Crippen LogP contribution in [-0.2, 0) is 15.9 Å². The summed E-state index contributed by atoms with van der Waals surface area (Å²) in [6, 6.07) is 16.9. The first kappa shape index (κ1) is 22.7. The molecular formula is C26H25N5O4. The molecule has 1 aliphatic heterocycles. The van der Waals surface area contributed by atoms with E-state index in [1.54, 1.807) is 24.5 Å². The van der Waals surface area contributed by atoms with Gasteiger partial charge < -0.3 is 19.5 Å². The number of pyridine rings is 2. The van der Waals surface area contributed by atoms with Crippen molar-refractivity contribution < 1.29 is 19.0 Å². The first-order valence-electron chi connectivity index (χ1n) is 11.4. The molecular weight excluding hydrogens is 446 g/mol. The fourth-order valence-electron chi connectivity index (χ4n) is 3.69. The summed E-state index contributed by atoms with van der Waals surface area (Å²) in [5.74, 6) is 0.175. The summed E-state index contributed by atoms with van der Waals surface area (Å²) in [4.78, 5) is 21.0. The molecule has 4 heterocycles. The van der Waals surface area contributed by atoms with Gasteiger partial charge in [-0.15, -0.1) is 0 Å². The van der Waals surface area contributed by atoms with E-state index in [9.17, 15) is 4.79 Å². The molecule has 1 atom stereocenters. The highest BCUT2D eigenvalue weighted by atomic mass is 16.7. The quantitative estimate of drug-likeness (QED) is 0.416. The number of carbonyl (C=O) groups excluding carboxylic acids is 1. The number of hydrogen-bond donors (Lipinski definition) is 1. The third kappa shape index (κ3) is 5.37. The lowest BCUT2D eigenvalue weighted by molar-refractivity contribution is 0.0314. The Kier molecular flexibility index (Phi) is 6.78. The summed E-state index contributed by atoms with van der Waals surface area (Å²) in [5, 5.41) is 7.66. The highest BCUT2D eigenvalue weighted by molar-refractivity contribution is 6.04. The Hall–Kier alpha value is -4.08. The van der Waals surface area contributed by atoms with Crippen molar-refractivity contribution in [3.05, 3.63) is 84.4 Å². The number of aryl methyl sites for hydroxylation is 1. The van der Waals surface area contributed by atoms with E-state index >= 15 is 0 Å². The van der Waals surface area contributed by atoms with E-state index in [0.717, 1.165) is 29.1 Å². The minimum atomic E-state index is -0.253. The molecule has 35 heavy (non-hydrogen) atoms. The fourth-order valence-corrected chi connectivity index (χ4v) is 3.69. The first-order chi connectivity index (χ1) is 17.2. The van der Waals surface area contributed by atoms with Crippen molar-refractivity contribution in [2.75, 3.05) is 25.3 Å². The van der Waals surface area contributed by atoms with E-state index in [-0.39, 0.29) is 18.8 Å². The molecule has 1 aromatic carbocycles. The number of anilines is 1. The van der Waals surface area contributed by atoms with Gasteiger partial charge in [-0.1, -0.05) is 6.92 Å². The van der Waals surface area contributed by atoms with Crippen LogP contribution >= 0.6 is 0 Å². The van der Waals surface area contributed by atoms with Gasteiger partial charge in [0.1, 0.15) is 19.5 Å². The van der Waals surface area contributed by atoms with Crippen LogP contribution < -0.4 is 10.1 Å². The van der Waals surface area contributed by atoms with Gasteiger partial charge in [-0.05, 0) is 55.0 Å². The maximum atomic E-state index is 12.7. The molecule has 1 unspecified atom stereocenters. The zero-order valence-corrected chi connectivity index (χ0v) is 19.3. The van der Waals surface area contributed by atoms with E-state index in [0.29, 0.717) is 30.3 Å². The molecule has 1 aliphatic rings. The molecule has 5 rings (SSSR count). The smallest absolute Gasteiger partial charge is 0.257 e.